The van der Waals surface area contributed by atoms with Crippen molar-refractivity contribution < 1.29 is 22.7 Å². The van der Waals surface area contributed by atoms with E-state index in [9.17, 15) is 18.0 Å². The molecule has 1 aromatic carbocycles. The smallest absolute Gasteiger partial charge is 0.310 e. The molecule has 1 aromatic rings. The molecule has 0 radical (unpaired) electrons. The average Bonchev–Trinajstić information content (AvgIpc) is 3.27. The number of hydrogen-bond acceptors (Lipinski definition) is 5. The molecule has 1 saturated heterocycles. The molecule has 1 aliphatic carbocycles. The highest BCUT2D eigenvalue weighted by Gasteiger charge is 2.39. The van der Waals surface area contributed by atoms with E-state index in [-0.39, 0.29) is 42.5 Å². The molecule has 2 fully saturated rings. The Balaban J connectivity index is 1.60. The largest absolute Gasteiger partial charge is 0.455 e. The van der Waals surface area contributed by atoms with Gasteiger partial charge in [-0.2, -0.15) is 0 Å². The van der Waals surface area contributed by atoms with Crippen LogP contribution in [0.1, 0.15) is 48.8 Å². The number of carbonyl (C=O) groups is 2. The zero-order valence-electron chi connectivity index (χ0n) is 16.6. The Morgan fingerprint density at radius 1 is 1.07 bits per heavy atom. The highest BCUT2D eigenvalue weighted by Crippen LogP contribution is 2.29. The summed E-state index contributed by atoms with van der Waals surface area (Å²) in [4.78, 5) is 26.7. The van der Waals surface area contributed by atoms with E-state index in [1.165, 1.54) is 0 Å². The van der Waals surface area contributed by atoms with Gasteiger partial charge in [0.05, 0.1) is 17.9 Å². The number of benzene rings is 1. The summed E-state index contributed by atoms with van der Waals surface area (Å²) in [7, 11) is -3.08. The summed E-state index contributed by atoms with van der Waals surface area (Å²) in [5.41, 5.74) is 3.12. The van der Waals surface area contributed by atoms with Crippen LogP contribution >= 0.6 is 0 Å². The Hall–Kier alpha value is -1.89. The molecule has 7 heteroatoms. The van der Waals surface area contributed by atoms with Crippen molar-refractivity contribution >= 4 is 21.7 Å². The third-order valence-electron chi connectivity index (χ3n) is 5.88. The Morgan fingerprint density at radius 3 is 2.39 bits per heavy atom. The number of hydrogen-bond donors (Lipinski definition) is 0. The molecule has 1 amide bonds. The summed E-state index contributed by atoms with van der Waals surface area (Å²) in [6.45, 7) is 3.68. The highest BCUT2D eigenvalue weighted by molar-refractivity contribution is 7.91. The normalized spacial score (nSPS) is 21.6. The lowest BCUT2D eigenvalue weighted by Crippen LogP contribution is -2.48. The fourth-order valence-corrected chi connectivity index (χ4v) is 5.94. The number of sulfone groups is 1. The van der Waals surface area contributed by atoms with Crippen molar-refractivity contribution in [2.75, 3.05) is 18.1 Å². The van der Waals surface area contributed by atoms with Crippen LogP contribution in [0.4, 0.5) is 0 Å². The van der Waals surface area contributed by atoms with Crippen LogP contribution < -0.4 is 0 Å². The monoisotopic (exact) mass is 407 g/mol. The van der Waals surface area contributed by atoms with Gasteiger partial charge in [-0.15, -0.1) is 0 Å². The van der Waals surface area contributed by atoms with Crippen LogP contribution in [0.5, 0.6) is 0 Å². The zero-order chi connectivity index (χ0) is 20.3. The third kappa shape index (κ3) is 5.13. The van der Waals surface area contributed by atoms with Gasteiger partial charge in [-0.3, -0.25) is 9.59 Å². The van der Waals surface area contributed by atoms with Gasteiger partial charge in [0.1, 0.15) is 0 Å². The second kappa shape index (κ2) is 8.64. The molecule has 2 aliphatic rings. The van der Waals surface area contributed by atoms with E-state index in [1.807, 2.05) is 32.0 Å². The molecule has 1 aliphatic heterocycles. The molecule has 0 N–H and O–H groups in total. The molecule has 0 bridgehead atoms. The maximum absolute atomic E-state index is 12.8. The lowest BCUT2D eigenvalue weighted by Gasteiger charge is -2.33. The molecular formula is C21H29NO5S. The van der Waals surface area contributed by atoms with Crippen LogP contribution in [0.25, 0.3) is 0 Å². The minimum Gasteiger partial charge on any atom is -0.455 e. The number of carbonyl (C=O) groups excluding carboxylic acids is 2. The summed E-state index contributed by atoms with van der Waals surface area (Å²) in [6, 6.07) is 5.57. The average molecular weight is 408 g/mol. The Labute approximate surface area is 167 Å². The van der Waals surface area contributed by atoms with Crippen molar-refractivity contribution in [3.05, 3.63) is 34.9 Å². The van der Waals surface area contributed by atoms with Gasteiger partial charge in [-0.05, 0) is 49.8 Å². The molecular weight excluding hydrogens is 378 g/mol. The van der Waals surface area contributed by atoms with Gasteiger partial charge in [0.25, 0.3) is 5.91 Å². The van der Waals surface area contributed by atoms with E-state index in [2.05, 4.69) is 0 Å². The Kier molecular flexibility index (Phi) is 6.43. The van der Waals surface area contributed by atoms with Crippen LogP contribution in [-0.2, 0) is 30.6 Å². The predicted molar refractivity (Wildman–Crippen MR) is 107 cm³/mol. The summed E-state index contributed by atoms with van der Waals surface area (Å²) in [5, 5.41) is 0. The number of esters is 1. The number of ether oxygens (including phenoxy) is 1. The fraction of sp³-hybridized carbons (Fsp3) is 0.619. The molecule has 6 nitrogen and oxygen atoms in total. The fourth-order valence-electron chi connectivity index (χ4n) is 4.23. The molecule has 0 spiro atoms. The van der Waals surface area contributed by atoms with Gasteiger partial charge in [0.2, 0.25) is 0 Å². The van der Waals surface area contributed by atoms with E-state index < -0.39 is 15.8 Å². The van der Waals surface area contributed by atoms with E-state index in [0.717, 1.165) is 42.4 Å². The Bertz CT molecular complexity index is 842. The Morgan fingerprint density at radius 2 is 1.79 bits per heavy atom. The summed E-state index contributed by atoms with van der Waals surface area (Å²) < 4.78 is 29.0. The minimum atomic E-state index is -3.08. The van der Waals surface area contributed by atoms with Gasteiger partial charge in [-0.25, -0.2) is 8.42 Å². The highest BCUT2D eigenvalue weighted by atomic mass is 32.2. The van der Waals surface area contributed by atoms with Crippen molar-refractivity contribution in [2.45, 2.75) is 64.5 Å². The van der Waals surface area contributed by atoms with Crippen molar-refractivity contribution in [3.63, 3.8) is 0 Å². The van der Waals surface area contributed by atoms with E-state index >= 15 is 0 Å². The van der Waals surface area contributed by atoms with Crippen LogP contribution in [0, 0.1) is 13.8 Å². The predicted octanol–water partition coefficient (Wildman–Crippen LogP) is 2.35. The second-order valence-corrected chi connectivity index (χ2v) is 10.3. The molecule has 0 unspecified atom stereocenters. The summed E-state index contributed by atoms with van der Waals surface area (Å²) in [6.07, 6.45) is 4.45. The minimum absolute atomic E-state index is 0.0197. The SMILES string of the molecule is Cc1ccc(CC(=O)OCC(=O)N(C2CCCC2)[C@@H]2CCS(=O)(=O)C2)cc1C. The molecule has 1 saturated carbocycles. The van der Waals surface area contributed by atoms with Crippen LogP contribution in [0.15, 0.2) is 18.2 Å². The number of nitrogens with zero attached hydrogens (tertiary/aromatic N) is 1. The van der Waals surface area contributed by atoms with Gasteiger partial charge >= 0.3 is 5.97 Å². The van der Waals surface area contributed by atoms with Gasteiger partial charge in [-0.1, -0.05) is 31.0 Å². The lowest BCUT2D eigenvalue weighted by molar-refractivity contribution is -0.153. The van der Waals surface area contributed by atoms with Crippen molar-refractivity contribution in [2.24, 2.45) is 0 Å². The third-order valence-corrected chi connectivity index (χ3v) is 7.63. The number of rotatable bonds is 6. The van der Waals surface area contributed by atoms with E-state index in [0.29, 0.717) is 6.42 Å². The first-order chi connectivity index (χ1) is 13.2. The van der Waals surface area contributed by atoms with Crippen LogP contribution in [0.2, 0.25) is 0 Å². The van der Waals surface area contributed by atoms with Gasteiger partial charge < -0.3 is 9.64 Å². The topological polar surface area (TPSA) is 80.8 Å². The van der Waals surface area contributed by atoms with Crippen LogP contribution in [0.3, 0.4) is 0 Å². The molecule has 3 rings (SSSR count). The molecule has 1 atom stereocenters. The molecule has 1 heterocycles. The maximum Gasteiger partial charge on any atom is 0.310 e. The molecule has 154 valence electrons. The lowest BCUT2D eigenvalue weighted by atomic mass is 10.0. The first-order valence-corrected chi connectivity index (χ1v) is 11.8. The second-order valence-electron chi connectivity index (χ2n) is 8.05. The first-order valence-electron chi connectivity index (χ1n) is 9.98. The first kappa shape index (κ1) is 20.8. The van der Waals surface area contributed by atoms with Crippen LogP contribution in [-0.4, -0.2) is 55.4 Å². The quantitative estimate of drug-likeness (QED) is 0.676. The van der Waals surface area contributed by atoms with Crippen molar-refractivity contribution in [1.29, 1.82) is 0 Å². The zero-order valence-corrected chi connectivity index (χ0v) is 17.5. The van der Waals surface area contributed by atoms with Crippen molar-refractivity contribution in [1.82, 2.24) is 4.90 Å². The van der Waals surface area contributed by atoms with Gasteiger partial charge in [0, 0.05) is 12.1 Å². The molecule has 0 aromatic heterocycles. The molecule has 28 heavy (non-hydrogen) atoms. The summed E-state index contributed by atoms with van der Waals surface area (Å²) in [5.74, 6) is -0.573. The number of aryl methyl sites for hydroxylation is 2. The van der Waals surface area contributed by atoms with Gasteiger partial charge in [0.15, 0.2) is 16.4 Å². The number of amides is 1. The van der Waals surface area contributed by atoms with E-state index in [4.69, 9.17) is 4.74 Å². The standard InChI is InChI=1S/C21H29NO5S/c1-15-7-8-17(11-16(15)2)12-21(24)27-13-20(23)22(18-5-3-4-6-18)19-9-10-28(25,26)14-19/h7-8,11,18-19H,3-6,9-10,12-14H2,1-2H3/t19-/m1/s1. The summed E-state index contributed by atoms with van der Waals surface area (Å²) >= 11 is 0. The maximum atomic E-state index is 12.8. The van der Waals surface area contributed by atoms with Crippen molar-refractivity contribution in [3.8, 4) is 0 Å². The van der Waals surface area contributed by atoms with E-state index in [1.54, 1.807) is 4.90 Å².